The monoisotopic (exact) mass is 546 g/mol. The summed E-state index contributed by atoms with van der Waals surface area (Å²) in [7, 11) is 1.61. The maximum Gasteiger partial charge on any atom is 0.234 e. The Morgan fingerprint density at radius 3 is 2.80 bits per heavy atom. The third-order valence-corrected chi connectivity index (χ3v) is 6.77. The largest absolute Gasteiger partial charge is 0.385 e. The van der Waals surface area contributed by atoms with Crippen LogP contribution in [0.2, 0.25) is 0 Å². The number of aromatic nitrogens is 2. The highest BCUT2D eigenvalue weighted by atomic mass is 19.2. The number of allylic oxidation sites excluding steroid dienone is 5. The number of hydrogen-bond acceptors (Lipinski definition) is 6. The number of nitrogens with zero attached hydrogens (tertiary/aromatic N) is 2. The molecule has 1 heterocycles. The van der Waals surface area contributed by atoms with E-state index in [0.29, 0.717) is 41.0 Å². The highest BCUT2D eigenvalue weighted by molar-refractivity contribution is 6.13. The van der Waals surface area contributed by atoms with Gasteiger partial charge in [-0.25, -0.2) is 18.7 Å². The molecule has 208 valence electrons. The Morgan fingerprint density at radius 1 is 1.20 bits per heavy atom. The summed E-state index contributed by atoms with van der Waals surface area (Å²) in [4.78, 5) is 34.4. The molecule has 0 fully saturated rings. The molecule has 0 spiro atoms. The van der Waals surface area contributed by atoms with Gasteiger partial charge in [0, 0.05) is 30.4 Å². The van der Waals surface area contributed by atoms with Crippen molar-refractivity contribution in [1.29, 1.82) is 0 Å². The van der Waals surface area contributed by atoms with Crippen molar-refractivity contribution in [3.63, 3.8) is 0 Å². The summed E-state index contributed by atoms with van der Waals surface area (Å²) in [5.41, 5.74) is 3.30. The molecule has 0 radical (unpaired) electrons. The van der Waals surface area contributed by atoms with Crippen LogP contribution in [0.5, 0.6) is 0 Å². The highest BCUT2D eigenvalue weighted by Crippen LogP contribution is 2.32. The van der Waals surface area contributed by atoms with Gasteiger partial charge in [0.25, 0.3) is 0 Å². The molecule has 0 saturated heterocycles. The minimum Gasteiger partial charge on any atom is -0.385 e. The number of anilines is 2. The number of amides is 1. The van der Waals surface area contributed by atoms with Gasteiger partial charge < -0.3 is 15.4 Å². The molecule has 40 heavy (non-hydrogen) atoms. The number of ketones is 1. The Labute approximate surface area is 232 Å². The van der Waals surface area contributed by atoms with Crippen LogP contribution in [0.4, 0.5) is 20.3 Å². The molecule has 2 N–H and O–H groups in total. The maximum absolute atomic E-state index is 14.2. The number of benzene rings is 2. The van der Waals surface area contributed by atoms with E-state index < -0.39 is 23.5 Å². The molecule has 1 amide bonds. The van der Waals surface area contributed by atoms with E-state index in [1.165, 1.54) is 12.4 Å². The minimum absolute atomic E-state index is 0.0847. The summed E-state index contributed by atoms with van der Waals surface area (Å²) < 4.78 is 33.3. The van der Waals surface area contributed by atoms with Gasteiger partial charge in [-0.05, 0) is 73.7 Å². The lowest BCUT2D eigenvalue weighted by molar-refractivity contribution is -0.119. The standard InChI is InChI=1S/C31H32F2N4O3/c1-4-5-12-27(38)21-8-6-10-23-29(21)34-18-35-30(23)37-26(15-16-40-3)24-17-20(14-13-19(24)2)36-31(39)22-9-7-11-25(32)28(22)33/h5-8,10-14,17-18,22,26H,4,9,15-16H2,1-3H3,(H,36,39)(H,34,35,37)/b12-5+. The quantitative estimate of drug-likeness (QED) is 0.200. The van der Waals surface area contributed by atoms with Crippen LogP contribution in [0, 0.1) is 12.8 Å². The van der Waals surface area contributed by atoms with Gasteiger partial charge >= 0.3 is 0 Å². The van der Waals surface area contributed by atoms with Crippen molar-refractivity contribution in [3.8, 4) is 0 Å². The number of methoxy groups -OCH3 is 1. The summed E-state index contributed by atoms with van der Waals surface area (Å²) in [6.07, 6.45) is 8.65. The lowest BCUT2D eigenvalue weighted by Gasteiger charge is -2.23. The third kappa shape index (κ3) is 6.48. The number of ether oxygens (including phenoxy) is 1. The van der Waals surface area contributed by atoms with E-state index in [-0.39, 0.29) is 18.2 Å². The van der Waals surface area contributed by atoms with Gasteiger partial charge in [-0.2, -0.15) is 0 Å². The summed E-state index contributed by atoms with van der Waals surface area (Å²) >= 11 is 0. The highest BCUT2D eigenvalue weighted by Gasteiger charge is 2.28. The first-order valence-electron chi connectivity index (χ1n) is 13.2. The van der Waals surface area contributed by atoms with E-state index in [1.807, 2.05) is 38.1 Å². The number of rotatable bonds is 11. The predicted octanol–water partition coefficient (Wildman–Crippen LogP) is 6.94. The summed E-state index contributed by atoms with van der Waals surface area (Å²) in [6, 6.07) is 10.5. The number of fused-ring (bicyclic) bond motifs is 1. The van der Waals surface area contributed by atoms with Crippen LogP contribution in [0.25, 0.3) is 10.9 Å². The van der Waals surface area contributed by atoms with E-state index in [9.17, 15) is 18.4 Å². The number of nitrogens with one attached hydrogen (secondary N) is 2. The maximum atomic E-state index is 14.2. The molecule has 0 aliphatic heterocycles. The first-order chi connectivity index (χ1) is 19.3. The second-order valence-corrected chi connectivity index (χ2v) is 9.52. The number of carbonyl (C=O) groups is 2. The van der Waals surface area contributed by atoms with Gasteiger partial charge in [0.1, 0.15) is 18.0 Å². The van der Waals surface area contributed by atoms with Crippen molar-refractivity contribution in [2.45, 2.75) is 39.2 Å². The molecule has 3 aromatic rings. The van der Waals surface area contributed by atoms with Gasteiger partial charge in [-0.1, -0.05) is 31.2 Å². The number of aryl methyl sites for hydroxylation is 1. The lowest BCUT2D eigenvalue weighted by atomic mass is 9.96. The zero-order chi connectivity index (χ0) is 28.6. The SMILES string of the molecule is CC/C=C/C(=O)c1cccc2c(NC(CCOC)c3cc(NC(=O)C4CC=CC(F)=C4F)ccc3C)ncnc12. The zero-order valence-electron chi connectivity index (χ0n) is 22.7. The van der Waals surface area contributed by atoms with Crippen LogP contribution in [0.1, 0.15) is 53.7 Å². The van der Waals surface area contributed by atoms with Crippen molar-refractivity contribution in [3.05, 3.63) is 95.4 Å². The molecule has 0 saturated carbocycles. The summed E-state index contributed by atoms with van der Waals surface area (Å²) in [6.45, 7) is 4.34. The van der Waals surface area contributed by atoms with Gasteiger partial charge in [-0.3, -0.25) is 9.59 Å². The fourth-order valence-electron chi connectivity index (χ4n) is 4.62. The van der Waals surface area contributed by atoms with Crippen molar-refractivity contribution in [1.82, 2.24) is 9.97 Å². The minimum atomic E-state index is -1.21. The summed E-state index contributed by atoms with van der Waals surface area (Å²) in [5, 5.41) is 6.90. The number of para-hydroxylation sites is 1. The average Bonchev–Trinajstić information content (AvgIpc) is 2.96. The number of hydrogen-bond donors (Lipinski definition) is 2. The van der Waals surface area contributed by atoms with Gasteiger partial charge in [0.05, 0.1) is 17.5 Å². The summed E-state index contributed by atoms with van der Waals surface area (Å²) in [5.74, 6) is -3.51. The molecule has 9 heteroatoms. The van der Waals surface area contributed by atoms with Crippen molar-refractivity contribution in [2.75, 3.05) is 24.4 Å². The van der Waals surface area contributed by atoms with Gasteiger partial charge in [0.15, 0.2) is 11.6 Å². The lowest BCUT2D eigenvalue weighted by Crippen LogP contribution is -2.25. The second-order valence-electron chi connectivity index (χ2n) is 9.52. The van der Waals surface area contributed by atoms with Crippen LogP contribution in [0.15, 0.2) is 78.7 Å². The smallest absolute Gasteiger partial charge is 0.234 e. The molecule has 2 atom stereocenters. The second kappa shape index (κ2) is 13.2. The molecule has 2 unspecified atom stereocenters. The fourth-order valence-corrected chi connectivity index (χ4v) is 4.62. The Morgan fingerprint density at radius 2 is 2.02 bits per heavy atom. The van der Waals surface area contributed by atoms with E-state index >= 15 is 0 Å². The average molecular weight is 547 g/mol. The normalized spacial score (nSPS) is 16.0. The van der Waals surface area contributed by atoms with Crippen molar-refractivity contribution < 1.29 is 23.1 Å². The molecule has 1 aliphatic carbocycles. The number of halogens is 2. The zero-order valence-corrected chi connectivity index (χ0v) is 22.7. The molecule has 1 aliphatic rings. The predicted molar refractivity (Wildman–Crippen MR) is 152 cm³/mol. The Balaban J connectivity index is 1.65. The molecule has 0 bridgehead atoms. The van der Waals surface area contributed by atoms with Crippen LogP contribution >= 0.6 is 0 Å². The van der Waals surface area contributed by atoms with E-state index in [0.717, 1.165) is 23.6 Å². The molecular formula is C31H32F2N4O3. The van der Waals surface area contributed by atoms with Crippen LogP contribution < -0.4 is 10.6 Å². The van der Waals surface area contributed by atoms with Crippen molar-refractivity contribution in [2.24, 2.45) is 5.92 Å². The Bertz CT molecular complexity index is 1500. The van der Waals surface area contributed by atoms with Crippen molar-refractivity contribution >= 4 is 34.1 Å². The first-order valence-corrected chi connectivity index (χ1v) is 13.2. The molecule has 1 aromatic heterocycles. The molecule has 2 aromatic carbocycles. The Kier molecular flexibility index (Phi) is 9.50. The molecular weight excluding hydrogens is 514 g/mol. The van der Waals surface area contributed by atoms with Gasteiger partial charge in [-0.15, -0.1) is 0 Å². The van der Waals surface area contributed by atoms with E-state index in [1.54, 1.807) is 31.4 Å². The third-order valence-electron chi connectivity index (χ3n) is 6.77. The van der Waals surface area contributed by atoms with Crippen LogP contribution in [0.3, 0.4) is 0 Å². The molecule has 7 nitrogen and oxygen atoms in total. The van der Waals surface area contributed by atoms with Crippen LogP contribution in [-0.2, 0) is 9.53 Å². The molecule has 4 rings (SSSR count). The van der Waals surface area contributed by atoms with Gasteiger partial charge in [0.2, 0.25) is 5.91 Å². The Hall–Kier alpha value is -4.24. The topological polar surface area (TPSA) is 93.2 Å². The van der Waals surface area contributed by atoms with Crippen LogP contribution in [-0.4, -0.2) is 35.4 Å². The van der Waals surface area contributed by atoms with E-state index in [2.05, 4.69) is 20.6 Å². The fraction of sp³-hybridized carbons (Fsp3) is 0.290. The first kappa shape index (κ1) is 28.8. The van der Waals surface area contributed by atoms with E-state index in [4.69, 9.17) is 4.74 Å². The number of carbonyl (C=O) groups excluding carboxylic acids is 2.